The van der Waals surface area contributed by atoms with Crippen molar-refractivity contribution in [2.45, 2.75) is 13.1 Å². The molecule has 0 spiro atoms. The summed E-state index contributed by atoms with van der Waals surface area (Å²) in [6.45, 7) is 1.48. The molecule has 0 unspecified atom stereocenters. The van der Waals surface area contributed by atoms with Crippen molar-refractivity contribution in [3.8, 4) is 0 Å². The van der Waals surface area contributed by atoms with E-state index in [1.807, 2.05) is 43.4 Å². The maximum absolute atomic E-state index is 4.57. The second-order valence-electron chi connectivity index (χ2n) is 5.29. The Kier molecular flexibility index (Phi) is 4.79. The topological polar surface area (TPSA) is 53.9 Å². The lowest BCUT2D eigenvalue weighted by Gasteiger charge is -2.18. The number of pyridine rings is 1. The first kappa shape index (κ1) is 15.0. The Bertz CT molecular complexity index is 731. The third-order valence-corrected chi connectivity index (χ3v) is 3.49. The van der Waals surface area contributed by atoms with Crippen LogP contribution in [0.25, 0.3) is 0 Å². The van der Waals surface area contributed by atoms with Crippen LogP contribution in [0.5, 0.6) is 0 Å². The highest BCUT2D eigenvalue weighted by atomic mass is 15.2. The van der Waals surface area contributed by atoms with Gasteiger partial charge in [0.05, 0.1) is 0 Å². The third-order valence-electron chi connectivity index (χ3n) is 3.49. The van der Waals surface area contributed by atoms with Crippen LogP contribution in [-0.4, -0.2) is 22.0 Å². The Hall–Kier alpha value is -2.95. The average Bonchev–Trinajstić information content (AvgIpc) is 2.62. The zero-order valence-electron chi connectivity index (χ0n) is 13.1. The summed E-state index contributed by atoms with van der Waals surface area (Å²) in [7, 11) is 2.03. The van der Waals surface area contributed by atoms with Gasteiger partial charge in [0.2, 0.25) is 5.95 Å². The predicted molar refractivity (Wildman–Crippen MR) is 92.1 cm³/mol. The highest BCUT2D eigenvalue weighted by Gasteiger charge is 2.05. The standard InChI is InChI=1S/C18H19N5/c1-23(14-16-5-3-2-4-6-16)17-9-12-20-18(22-17)21-13-15-7-10-19-11-8-15/h2-12H,13-14H2,1H3,(H,20,21,22). The molecule has 0 aliphatic carbocycles. The van der Waals surface area contributed by atoms with Crippen LogP contribution in [0.1, 0.15) is 11.1 Å². The van der Waals surface area contributed by atoms with Crippen LogP contribution >= 0.6 is 0 Å². The Balaban J connectivity index is 1.64. The summed E-state index contributed by atoms with van der Waals surface area (Å²) in [6.07, 6.45) is 5.34. The molecule has 3 aromatic rings. The van der Waals surface area contributed by atoms with Crippen LogP contribution in [-0.2, 0) is 13.1 Å². The van der Waals surface area contributed by atoms with Crippen LogP contribution in [0, 0.1) is 0 Å². The Labute approximate surface area is 136 Å². The van der Waals surface area contributed by atoms with Crippen LogP contribution < -0.4 is 10.2 Å². The van der Waals surface area contributed by atoms with E-state index in [0.717, 1.165) is 17.9 Å². The zero-order chi connectivity index (χ0) is 15.9. The van der Waals surface area contributed by atoms with Gasteiger partial charge < -0.3 is 10.2 Å². The van der Waals surface area contributed by atoms with Crippen molar-refractivity contribution < 1.29 is 0 Å². The summed E-state index contributed by atoms with van der Waals surface area (Å²) in [6, 6.07) is 16.2. The fraction of sp³-hybridized carbons (Fsp3) is 0.167. The van der Waals surface area contributed by atoms with Crippen molar-refractivity contribution in [1.82, 2.24) is 15.0 Å². The number of hydrogen-bond acceptors (Lipinski definition) is 5. The fourth-order valence-corrected chi connectivity index (χ4v) is 2.27. The first-order chi connectivity index (χ1) is 11.3. The molecule has 0 bridgehead atoms. The molecule has 0 aliphatic heterocycles. The average molecular weight is 305 g/mol. The molecule has 2 aromatic heterocycles. The molecular weight excluding hydrogens is 286 g/mol. The van der Waals surface area contributed by atoms with Crippen molar-refractivity contribution in [2.75, 3.05) is 17.3 Å². The van der Waals surface area contributed by atoms with Gasteiger partial charge in [0, 0.05) is 38.7 Å². The Morgan fingerprint density at radius 1 is 0.913 bits per heavy atom. The van der Waals surface area contributed by atoms with Gasteiger partial charge in [0.25, 0.3) is 0 Å². The lowest BCUT2D eigenvalue weighted by atomic mass is 10.2. The monoisotopic (exact) mass is 305 g/mol. The van der Waals surface area contributed by atoms with Crippen molar-refractivity contribution >= 4 is 11.8 Å². The van der Waals surface area contributed by atoms with E-state index in [0.29, 0.717) is 12.5 Å². The number of hydrogen-bond donors (Lipinski definition) is 1. The van der Waals surface area contributed by atoms with Crippen LogP contribution in [0.2, 0.25) is 0 Å². The summed E-state index contributed by atoms with van der Waals surface area (Å²) in [4.78, 5) is 15.0. The molecule has 23 heavy (non-hydrogen) atoms. The molecule has 1 N–H and O–H groups in total. The lowest BCUT2D eigenvalue weighted by Crippen LogP contribution is -2.18. The molecule has 0 saturated heterocycles. The lowest BCUT2D eigenvalue weighted by molar-refractivity contribution is 0.889. The minimum atomic E-state index is 0.624. The number of benzene rings is 1. The molecule has 116 valence electrons. The molecule has 0 amide bonds. The Morgan fingerprint density at radius 3 is 2.48 bits per heavy atom. The first-order valence-electron chi connectivity index (χ1n) is 7.52. The quantitative estimate of drug-likeness (QED) is 0.758. The number of nitrogens with zero attached hydrogens (tertiary/aromatic N) is 4. The van der Waals surface area contributed by atoms with Gasteiger partial charge in [-0.2, -0.15) is 4.98 Å². The summed E-state index contributed by atoms with van der Waals surface area (Å²) < 4.78 is 0. The molecule has 1 aromatic carbocycles. The molecule has 0 saturated carbocycles. The number of aromatic nitrogens is 3. The van der Waals surface area contributed by atoms with Crippen molar-refractivity contribution in [3.05, 3.63) is 78.2 Å². The highest BCUT2D eigenvalue weighted by Crippen LogP contribution is 2.14. The van der Waals surface area contributed by atoms with E-state index in [2.05, 4.69) is 37.3 Å². The van der Waals surface area contributed by atoms with Gasteiger partial charge >= 0.3 is 0 Å². The maximum Gasteiger partial charge on any atom is 0.224 e. The molecule has 5 heteroatoms. The van der Waals surface area contributed by atoms with Gasteiger partial charge in [0.15, 0.2) is 0 Å². The van der Waals surface area contributed by atoms with Crippen molar-refractivity contribution in [1.29, 1.82) is 0 Å². The second-order valence-corrected chi connectivity index (χ2v) is 5.29. The molecule has 0 radical (unpaired) electrons. The number of rotatable bonds is 6. The molecule has 0 fully saturated rings. The minimum absolute atomic E-state index is 0.624. The van der Waals surface area contributed by atoms with Gasteiger partial charge in [-0.25, -0.2) is 4.98 Å². The van der Waals surface area contributed by atoms with E-state index in [9.17, 15) is 0 Å². The zero-order valence-corrected chi connectivity index (χ0v) is 13.1. The highest BCUT2D eigenvalue weighted by molar-refractivity contribution is 5.42. The van der Waals surface area contributed by atoms with Gasteiger partial charge in [-0.1, -0.05) is 30.3 Å². The van der Waals surface area contributed by atoms with E-state index in [4.69, 9.17) is 0 Å². The molecule has 0 atom stereocenters. The van der Waals surface area contributed by atoms with Gasteiger partial charge in [-0.05, 0) is 29.3 Å². The van der Waals surface area contributed by atoms with Crippen molar-refractivity contribution in [2.24, 2.45) is 0 Å². The van der Waals surface area contributed by atoms with Crippen molar-refractivity contribution in [3.63, 3.8) is 0 Å². The second kappa shape index (κ2) is 7.35. The van der Waals surface area contributed by atoms with E-state index in [-0.39, 0.29) is 0 Å². The van der Waals surface area contributed by atoms with Gasteiger partial charge in [0.1, 0.15) is 5.82 Å². The van der Waals surface area contributed by atoms with Gasteiger partial charge in [-0.3, -0.25) is 4.98 Å². The summed E-state index contributed by atoms with van der Waals surface area (Å²) in [5.41, 5.74) is 2.39. The fourth-order valence-electron chi connectivity index (χ4n) is 2.27. The first-order valence-corrected chi connectivity index (χ1v) is 7.52. The third kappa shape index (κ3) is 4.26. The Morgan fingerprint density at radius 2 is 1.70 bits per heavy atom. The molecule has 3 rings (SSSR count). The summed E-state index contributed by atoms with van der Waals surface area (Å²) in [5.74, 6) is 1.51. The largest absolute Gasteiger partial charge is 0.355 e. The normalized spacial score (nSPS) is 10.3. The maximum atomic E-state index is 4.57. The molecule has 2 heterocycles. The summed E-state index contributed by atoms with van der Waals surface area (Å²) in [5, 5.41) is 3.24. The molecular formula is C18H19N5. The van der Waals surface area contributed by atoms with E-state index >= 15 is 0 Å². The minimum Gasteiger partial charge on any atom is -0.355 e. The molecule has 0 aliphatic rings. The SMILES string of the molecule is CN(Cc1ccccc1)c1ccnc(NCc2ccncc2)n1. The van der Waals surface area contributed by atoms with E-state index in [1.54, 1.807) is 18.6 Å². The van der Waals surface area contributed by atoms with E-state index in [1.165, 1.54) is 5.56 Å². The van der Waals surface area contributed by atoms with Crippen LogP contribution in [0.3, 0.4) is 0 Å². The van der Waals surface area contributed by atoms with E-state index < -0.39 is 0 Å². The van der Waals surface area contributed by atoms with Crippen LogP contribution in [0.4, 0.5) is 11.8 Å². The van der Waals surface area contributed by atoms with Gasteiger partial charge in [-0.15, -0.1) is 0 Å². The predicted octanol–water partition coefficient (Wildman–Crippen LogP) is 3.12. The number of anilines is 2. The molecule has 5 nitrogen and oxygen atoms in total. The number of nitrogens with one attached hydrogen (secondary N) is 1. The smallest absolute Gasteiger partial charge is 0.224 e. The van der Waals surface area contributed by atoms with Crippen LogP contribution in [0.15, 0.2) is 67.1 Å². The summed E-state index contributed by atoms with van der Waals surface area (Å²) >= 11 is 0.